The van der Waals surface area contributed by atoms with Gasteiger partial charge in [0.05, 0.1) is 13.2 Å². The summed E-state index contributed by atoms with van der Waals surface area (Å²) < 4.78 is 18.7. The number of halogens is 1. The topological polar surface area (TPSA) is 49.8 Å². The second kappa shape index (κ2) is 6.35. The van der Waals surface area contributed by atoms with Gasteiger partial charge in [-0.1, -0.05) is 6.07 Å². The molecule has 1 N–H and O–H groups in total. The molecular formula is C13H18FNO3. The minimum Gasteiger partial charge on any atom is -0.496 e. The first-order valence-electron chi connectivity index (χ1n) is 5.73. The van der Waals surface area contributed by atoms with Crippen LogP contribution in [0.4, 0.5) is 4.39 Å². The first-order chi connectivity index (χ1) is 8.47. The molecule has 0 spiro atoms. The number of benzene rings is 1. The van der Waals surface area contributed by atoms with Crippen LogP contribution in [0.1, 0.15) is 23.7 Å². The molecule has 0 aliphatic heterocycles. The largest absolute Gasteiger partial charge is 0.496 e. The molecule has 5 heteroatoms. The number of aliphatic hydroxyl groups is 1. The van der Waals surface area contributed by atoms with Gasteiger partial charge in [0.15, 0.2) is 0 Å². The molecule has 1 aromatic rings. The Balaban J connectivity index is 2.89. The number of nitrogens with zero attached hydrogens (tertiary/aromatic N) is 1. The Labute approximate surface area is 106 Å². The molecule has 0 aromatic heterocycles. The normalized spacial score (nSPS) is 12.1. The molecule has 0 saturated carbocycles. The molecule has 0 heterocycles. The molecule has 0 saturated heterocycles. The van der Waals surface area contributed by atoms with E-state index in [-0.39, 0.29) is 11.3 Å². The van der Waals surface area contributed by atoms with Crippen LogP contribution in [0.15, 0.2) is 18.2 Å². The number of hydrogen-bond donors (Lipinski definition) is 1. The third kappa shape index (κ3) is 3.43. The molecule has 100 valence electrons. The first kappa shape index (κ1) is 14.4. The van der Waals surface area contributed by atoms with Crippen molar-refractivity contribution in [2.24, 2.45) is 0 Å². The fourth-order valence-electron chi connectivity index (χ4n) is 1.55. The van der Waals surface area contributed by atoms with Gasteiger partial charge in [0.2, 0.25) is 0 Å². The van der Waals surface area contributed by atoms with Crippen LogP contribution >= 0.6 is 0 Å². The zero-order chi connectivity index (χ0) is 13.7. The predicted molar refractivity (Wildman–Crippen MR) is 66.2 cm³/mol. The Kier molecular flexibility index (Phi) is 5.09. The highest BCUT2D eigenvalue weighted by Crippen LogP contribution is 2.22. The van der Waals surface area contributed by atoms with E-state index in [0.717, 1.165) is 0 Å². The smallest absolute Gasteiger partial charge is 0.260 e. The van der Waals surface area contributed by atoms with E-state index in [1.165, 1.54) is 24.1 Å². The molecular weight excluding hydrogens is 237 g/mol. The van der Waals surface area contributed by atoms with E-state index in [1.807, 2.05) is 0 Å². The average Bonchev–Trinajstić information content (AvgIpc) is 2.34. The van der Waals surface area contributed by atoms with Crippen molar-refractivity contribution in [1.29, 1.82) is 0 Å². The molecule has 1 amide bonds. The van der Waals surface area contributed by atoms with Crippen molar-refractivity contribution in [3.05, 3.63) is 29.6 Å². The van der Waals surface area contributed by atoms with Crippen molar-refractivity contribution >= 4 is 5.91 Å². The minimum absolute atomic E-state index is 0.0758. The fraction of sp³-hybridized carbons (Fsp3) is 0.462. The predicted octanol–water partition coefficient (Wildman–Crippen LogP) is 1.68. The van der Waals surface area contributed by atoms with E-state index in [0.29, 0.717) is 13.0 Å². The lowest BCUT2D eigenvalue weighted by Gasteiger charge is -2.19. The summed E-state index contributed by atoms with van der Waals surface area (Å²) >= 11 is 0. The molecule has 4 nitrogen and oxygen atoms in total. The number of rotatable bonds is 5. The van der Waals surface area contributed by atoms with Gasteiger partial charge >= 0.3 is 0 Å². The molecule has 18 heavy (non-hydrogen) atoms. The van der Waals surface area contributed by atoms with Gasteiger partial charge in [-0.3, -0.25) is 4.79 Å². The van der Waals surface area contributed by atoms with Gasteiger partial charge in [0.25, 0.3) is 5.91 Å². The zero-order valence-electron chi connectivity index (χ0n) is 10.8. The van der Waals surface area contributed by atoms with Crippen LogP contribution in [-0.4, -0.2) is 42.7 Å². The zero-order valence-corrected chi connectivity index (χ0v) is 10.8. The SMILES string of the molecule is COc1cccc(F)c1C(=O)N(C)CCC(C)O. The van der Waals surface area contributed by atoms with E-state index in [2.05, 4.69) is 0 Å². The quantitative estimate of drug-likeness (QED) is 0.870. The monoisotopic (exact) mass is 255 g/mol. The van der Waals surface area contributed by atoms with E-state index in [4.69, 9.17) is 4.74 Å². The molecule has 1 rings (SSSR count). The average molecular weight is 255 g/mol. The third-order valence-electron chi connectivity index (χ3n) is 2.64. The number of hydrogen-bond acceptors (Lipinski definition) is 3. The third-order valence-corrected chi connectivity index (χ3v) is 2.64. The molecule has 1 unspecified atom stereocenters. The maximum atomic E-state index is 13.7. The Morgan fingerprint density at radius 2 is 2.22 bits per heavy atom. The van der Waals surface area contributed by atoms with Crippen molar-refractivity contribution < 1.29 is 19.0 Å². The van der Waals surface area contributed by atoms with Gasteiger partial charge in [-0.15, -0.1) is 0 Å². The summed E-state index contributed by atoms with van der Waals surface area (Å²) in [5.74, 6) is -0.849. The van der Waals surface area contributed by atoms with E-state index < -0.39 is 17.8 Å². The minimum atomic E-state index is -0.608. The first-order valence-corrected chi connectivity index (χ1v) is 5.73. The lowest BCUT2D eigenvalue weighted by molar-refractivity contribution is 0.0761. The van der Waals surface area contributed by atoms with Crippen molar-refractivity contribution in [1.82, 2.24) is 4.90 Å². The summed E-state index contributed by atoms with van der Waals surface area (Å²) in [6.45, 7) is 2.00. The molecule has 1 aromatic carbocycles. The highest BCUT2D eigenvalue weighted by Gasteiger charge is 2.20. The molecule has 0 bridgehead atoms. The molecule has 0 fully saturated rings. The van der Waals surface area contributed by atoms with Gasteiger partial charge < -0.3 is 14.7 Å². The van der Waals surface area contributed by atoms with Crippen LogP contribution in [0.3, 0.4) is 0 Å². The molecule has 0 aliphatic carbocycles. The highest BCUT2D eigenvalue weighted by atomic mass is 19.1. The number of carbonyl (C=O) groups is 1. The van der Waals surface area contributed by atoms with E-state index >= 15 is 0 Å². The number of carbonyl (C=O) groups excluding carboxylic acids is 1. The summed E-state index contributed by atoms with van der Waals surface area (Å²) in [6.07, 6.45) is -0.0540. The fourth-order valence-corrected chi connectivity index (χ4v) is 1.55. The number of aliphatic hydroxyl groups excluding tert-OH is 1. The lowest BCUT2D eigenvalue weighted by Crippen LogP contribution is -2.30. The van der Waals surface area contributed by atoms with E-state index in [9.17, 15) is 14.3 Å². The second-order valence-corrected chi connectivity index (χ2v) is 4.18. The molecule has 0 aliphatic rings. The van der Waals surface area contributed by atoms with Crippen LogP contribution in [-0.2, 0) is 0 Å². The van der Waals surface area contributed by atoms with Gasteiger partial charge in [0.1, 0.15) is 17.1 Å². The Morgan fingerprint density at radius 1 is 1.56 bits per heavy atom. The maximum absolute atomic E-state index is 13.7. The number of ether oxygens (including phenoxy) is 1. The van der Waals surface area contributed by atoms with Gasteiger partial charge in [-0.05, 0) is 25.5 Å². The van der Waals surface area contributed by atoms with Crippen molar-refractivity contribution in [2.75, 3.05) is 20.7 Å². The van der Waals surface area contributed by atoms with Crippen molar-refractivity contribution in [2.45, 2.75) is 19.4 Å². The van der Waals surface area contributed by atoms with Crippen LogP contribution in [0.2, 0.25) is 0 Å². The van der Waals surface area contributed by atoms with Crippen LogP contribution in [0.5, 0.6) is 5.75 Å². The summed E-state index contributed by atoms with van der Waals surface area (Å²) in [5.41, 5.74) is -0.0758. The summed E-state index contributed by atoms with van der Waals surface area (Å²) in [6, 6.07) is 4.25. The van der Waals surface area contributed by atoms with Crippen LogP contribution < -0.4 is 4.74 Å². The number of amides is 1. The molecule has 0 radical (unpaired) electrons. The van der Waals surface area contributed by atoms with Gasteiger partial charge in [-0.2, -0.15) is 0 Å². The second-order valence-electron chi connectivity index (χ2n) is 4.18. The standard InChI is InChI=1S/C13H18FNO3/c1-9(16)7-8-15(2)13(17)12-10(14)5-4-6-11(12)18-3/h4-6,9,16H,7-8H2,1-3H3. The van der Waals surface area contributed by atoms with Crippen molar-refractivity contribution in [3.8, 4) is 5.75 Å². The summed E-state index contributed by atoms with van der Waals surface area (Å²) in [4.78, 5) is 13.5. The van der Waals surface area contributed by atoms with Gasteiger partial charge in [0, 0.05) is 13.6 Å². The van der Waals surface area contributed by atoms with Crippen LogP contribution in [0.25, 0.3) is 0 Å². The Bertz CT molecular complexity index is 421. The van der Waals surface area contributed by atoms with E-state index in [1.54, 1.807) is 20.0 Å². The summed E-state index contributed by atoms with van der Waals surface area (Å²) in [7, 11) is 2.96. The molecule has 1 atom stereocenters. The maximum Gasteiger partial charge on any atom is 0.260 e. The summed E-state index contributed by atoms with van der Waals surface area (Å²) in [5, 5.41) is 9.17. The Morgan fingerprint density at radius 3 is 2.78 bits per heavy atom. The highest BCUT2D eigenvalue weighted by molar-refractivity contribution is 5.97. The van der Waals surface area contributed by atoms with Crippen LogP contribution in [0, 0.1) is 5.82 Å². The lowest BCUT2D eigenvalue weighted by atomic mass is 10.1. The van der Waals surface area contributed by atoms with Gasteiger partial charge in [-0.25, -0.2) is 4.39 Å². The van der Waals surface area contributed by atoms with Crippen molar-refractivity contribution in [3.63, 3.8) is 0 Å². The Hall–Kier alpha value is -1.62. The number of methoxy groups -OCH3 is 1.